The van der Waals surface area contributed by atoms with Crippen molar-refractivity contribution in [2.45, 2.75) is 0 Å². The van der Waals surface area contributed by atoms with E-state index in [-0.39, 0.29) is 37.9 Å². The summed E-state index contributed by atoms with van der Waals surface area (Å²) >= 11 is 0. The van der Waals surface area contributed by atoms with Crippen LogP contribution in [0, 0.1) is 5.82 Å². The van der Waals surface area contributed by atoms with Gasteiger partial charge in [0.2, 0.25) is 5.91 Å². The summed E-state index contributed by atoms with van der Waals surface area (Å²) in [6.07, 6.45) is 0. The van der Waals surface area contributed by atoms with E-state index in [4.69, 9.17) is 9.84 Å². The number of nitrogens with zero attached hydrogens (tertiary/aromatic N) is 2. The maximum absolute atomic E-state index is 13.5. The van der Waals surface area contributed by atoms with Crippen LogP contribution in [0.4, 0.5) is 10.1 Å². The van der Waals surface area contributed by atoms with Crippen molar-refractivity contribution in [3.63, 3.8) is 0 Å². The number of hydrogen-bond acceptors (Lipinski definition) is 4. The van der Waals surface area contributed by atoms with Crippen molar-refractivity contribution in [2.75, 3.05) is 38.2 Å². The number of carboxylic acids is 1. The summed E-state index contributed by atoms with van der Waals surface area (Å²) in [5.41, 5.74) is 0.652. The quantitative estimate of drug-likeness (QED) is 0.743. The van der Waals surface area contributed by atoms with E-state index in [0.29, 0.717) is 5.69 Å². The van der Waals surface area contributed by atoms with Crippen molar-refractivity contribution < 1.29 is 23.8 Å². The number of rotatable bonds is 9. The Morgan fingerprint density at radius 1 is 1.04 bits per heavy atom. The SMILES string of the molecule is CN(CCOc1ccccc1F)C(=O)CN(CC(=O)O)c1ccccc1. The molecule has 26 heavy (non-hydrogen) atoms. The molecule has 0 aliphatic heterocycles. The van der Waals surface area contributed by atoms with Gasteiger partial charge < -0.3 is 19.6 Å². The number of benzene rings is 2. The molecule has 2 aromatic rings. The topological polar surface area (TPSA) is 70.1 Å². The largest absolute Gasteiger partial charge is 0.489 e. The molecule has 0 fully saturated rings. The third-order valence-corrected chi connectivity index (χ3v) is 3.72. The lowest BCUT2D eigenvalue weighted by atomic mass is 10.2. The Bertz CT molecular complexity index is 739. The van der Waals surface area contributed by atoms with E-state index >= 15 is 0 Å². The first-order chi connectivity index (χ1) is 12.5. The molecule has 1 N–H and O–H groups in total. The van der Waals surface area contributed by atoms with Crippen LogP contribution in [-0.2, 0) is 9.59 Å². The number of carbonyl (C=O) groups excluding carboxylic acids is 1. The number of ether oxygens (including phenoxy) is 1. The van der Waals surface area contributed by atoms with E-state index in [1.54, 1.807) is 43.4 Å². The molecule has 0 aliphatic rings. The Balaban J connectivity index is 1.89. The average Bonchev–Trinajstić information content (AvgIpc) is 2.63. The second-order valence-corrected chi connectivity index (χ2v) is 5.68. The normalized spacial score (nSPS) is 10.2. The number of halogens is 1. The van der Waals surface area contributed by atoms with Gasteiger partial charge in [-0.15, -0.1) is 0 Å². The highest BCUT2D eigenvalue weighted by atomic mass is 19.1. The lowest BCUT2D eigenvalue weighted by molar-refractivity contribution is -0.135. The predicted molar refractivity (Wildman–Crippen MR) is 95.8 cm³/mol. The summed E-state index contributed by atoms with van der Waals surface area (Å²) in [6.45, 7) is 0.0259. The molecule has 0 spiro atoms. The first kappa shape index (κ1) is 19.2. The number of amides is 1. The molecule has 2 rings (SSSR count). The average molecular weight is 360 g/mol. The van der Waals surface area contributed by atoms with Crippen LogP contribution in [0.1, 0.15) is 0 Å². The second kappa shape index (κ2) is 9.41. The zero-order valence-electron chi connectivity index (χ0n) is 14.5. The molecule has 0 bridgehead atoms. The van der Waals surface area contributed by atoms with Crippen LogP contribution in [0.25, 0.3) is 0 Å². The molecule has 0 heterocycles. The number of aliphatic carboxylic acids is 1. The minimum Gasteiger partial charge on any atom is -0.489 e. The fourth-order valence-electron chi connectivity index (χ4n) is 2.30. The van der Waals surface area contributed by atoms with Crippen molar-refractivity contribution in [2.24, 2.45) is 0 Å². The van der Waals surface area contributed by atoms with Crippen LogP contribution in [-0.4, -0.2) is 55.2 Å². The van der Waals surface area contributed by atoms with Gasteiger partial charge in [0.05, 0.1) is 13.1 Å². The molecule has 7 heteroatoms. The summed E-state index contributed by atoms with van der Waals surface area (Å²) in [4.78, 5) is 26.4. The van der Waals surface area contributed by atoms with E-state index in [1.807, 2.05) is 6.07 Å². The summed E-state index contributed by atoms with van der Waals surface area (Å²) in [6, 6.07) is 14.9. The number of carboxylic acid groups (broad SMARTS) is 1. The summed E-state index contributed by atoms with van der Waals surface area (Å²) < 4.78 is 18.8. The van der Waals surface area contributed by atoms with Gasteiger partial charge in [-0.25, -0.2) is 4.39 Å². The number of anilines is 1. The molecule has 0 radical (unpaired) electrons. The first-order valence-electron chi connectivity index (χ1n) is 8.10. The van der Waals surface area contributed by atoms with Crippen molar-refractivity contribution in [3.8, 4) is 5.75 Å². The van der Waals surface area contributed by atoms with E-state index in [1.165, 1.54) is 21.9 Å². The molecule has 0 aromatic heterocycles. The number of para-hydroxylation sites is 2. The molecule has 1 amide bonds. The molecule has 0 saturated carbocycles. The standard InChI is InChI=1S/C19H21FN2O4/c1-21(11-12-26-17-10-6-5-9-16(17)20)18(23)13-22(14-19(24)25)15-7-3-2-4-8-15/h2-10H,11-14H2,1H3,(H,24,25). The van der Waals surface area contributed by atoms with Crippen LogP contribution in [0.5, 0.6) is 5.75 Å². The minimum absolute atomic E-state index is 0.0769. The third kappa shape index (κ3) is 5.77. The highest BCUT2D eigenvalue weighted by molar-refractivity contribution is 5.84. The molecule has 0 atom stereocenters. The number of likely N-dealkylation sites (N-methyl/N-ethyl adjacent to an activating group) is 1. The molecule has 138 valence electrons. The van der Waals surface area contributed by atoms with Crippen LogP contribution >= 0.6 is 0 Å². The van der Waals surface area contributed by atoms with Gasteiger partial charge in [-0.1, -0.05) is 30.3 Å². The summed E-state index contributed by atoms with van der Waals surface area (Å²) in [5.74, 6) is -1.61. The molecule has 6 nitrogen and oxygen atoms in total. The highest BCUT2D eigenvalue weighted by Crippen LogP contribution is 2.15. The minimum atomic E-state index is -1.02. The maximum atomic E-state index is 13.5. The Morgan fingerprint density at radius 2 is 1.69 bits per heavy atom. The molecular weight excluding hydrogens is 339 g/mol. The Hall–Kier alpha value is -3.09. The van der Waals surface area contributed by atoms with Gasteiger partial charge in [-0.05, 0) is 24.3 Å². The van der Waals surface area contributed by atoms with Crippen LogP contribution in [0.15, 0.2) is 54.6 Å². The number of carbonyl (C=O) groups is 2. The van der Waals surface area contributed by atoms with E-state index < -0.39 is 11.8 Å². The second-order valence-electron chi connectivity index (χ2n) is 5.68. The van der Waals surface area contributed by atoms with Gasteiger partial charge in [0.1, 0.15) is 13.2 Å². The predicted octanol–water partition coefficient (Wildman–Crippen LogP) is 2.25. The van der Waals surface area contributed by atoms with Crippen molar-refractivity contribution >= 4 is 17.6 Å². The smallest absolute Gasteiger partial charge is 0.323 e. The van der Waals surface area contributed by atoms with Crippen LogP contribution < -0.4 is 9.64 Å². The Kier molecular flexibility index (Phi) is 6.96. The Morgan fingerprint density at radius 3 is 2.35 bits per heavy atom. The molecule has 0 aliphatic carbocycles. The van der Waals surface area contributed by atoms with E-state index in [2.05, 4.69) is 0 Å². The molecular formula is C19H21FN2O4. The van der Waals surface area contributed by atoms with Gasteiger partial charge in [0.25, 0.3) is 0 Å². The molecule has 0 saturated heterocycles. The van der Waals surface area contributed by atoms with E-state index in [9.17, 15) is 14.0 Å². The third-order valence-electron chi connectivity index (χ3n) is 3.72. The summed E-state index contributed by atoms with van der Waals surface area (Å²) in [5, 5.41) is 9.07. The fraction of sp³-hybridized carbons (Fsp3) is 0.263. The highest BCUT2D eigenvalue weighted by Gasteiger charge is 2.17. The van der Waals surface area contributed by atoms with E-state index in [0.717, 1.165) is 0 Å². The lowest BCUT2D eigenvalue weighted by Crippen LogP contribution is -2.42. The molecule has 0 unspecified atom stereocenters. The first-order valence-corrected chi connectivity index (χ1v) is 8.10. The Labute approximate surface area is 151 Å². The molecule has 2 aromatic carbocycles. The number of hydrogen-bond donors (Lipinski definition) is 1. The zero-order chi connectivity index (χ0) is 18.9. The zero-order valence-corrected chi connectivity index (χ0v) is 14.5. The summed E-state index contributed by atoms with van der Waals surface area (Å²) in [7, 11) is 1.59. The lowest BCUT2D eigenvalue weighted by Gasteiger charge is -2.25. The van der Waals surface area contributed by atoms with Crippen LogP contribution in [0.3, 0.4) is 0 Å². The van der Waals surface area contributed by atoms with Crippen molar-refractivity contribution in [1.82, 2.24) is 4.90 Å². The van der Waals surface area contributed by atoms with Gasteiger partial charge in [-0.3, -0.25) is 9.59 Å². The van der Waals surface area contributed by atoms with Gasteiger partial charge in [-0.2, -0.15) is 0 Å². The van der Waals surface area contributed by atoms with Gasteiger partial charge in [0.15, 0.2) is 11.6 Å². The van der Waals surface area contributed by atoms with Gasteiger partial charge >= 0.3 is 5.97 Å². The maximum Gasteiger partial charge on any atom is 0.323 e. The van der Waals surface area contributed by atoms with Crippen molar-refractivity contribution in [1.29, 1.82) is 0 Å². The van der Waals surface area contributed by atoms with Crippen LogP contribution in [0.2, 0.25) is 0 Å². The van der Waals surface area contributed by atoms with Gasteiger partial charge in [0, 0.05) is 12.7 Å². The fourth-order valence-corrected chi connectivity index (χ4v) is 2.30. The van der Waals surface area contributed by atoms with Crippen molar-refractivity contribution in [3.05, 3.63) is 60.4 Å². The monoisotopic (exact) mass is 360 g/mol.